The van der Waals surface area contributed by atoms with Crippen molar-refractivity contribution in [3.8, 4) is 5.75 Å². The molecule has 1 N–H and O–H groups in total. The SMILES string of the molecule is O=C(NC1CCN(C(=O)c2ccoc2)CC1)c1ccccc1OCC1CC1. The molecule has 1 saturated heterocycles. The summed E-state index contributed by atoms with van der Waals surface area (Å²) >= 11 is 0. The van der Waals surface area contributed by atoms with Crippen LogP contribution in [0.5, 0.6) is 5.75 Å². The lowest BCUT2D eigenvalue weighted by Gasteiger charge is -2.32. The van der Waals surface area contributed by atoms with E-state index in [1.807, 2.05) is 18.2 Å². The second-order valence-electron chi connectivity index (χ2n) is 7.30. The van der Waals surface area contributed by atoms with Gasteiger partial charge in [-0.2, -0.15) is 0 Å². The van der Waals surface area contributed by atoms with Crippen LogP contribution in [0.1, 0.15) is 46.4 Å². The number of nitrogens with one attached hydrogen (secondary N) is 1. The van der Waals surface area contributed by atoms with Crippen molar-refractivity contribution in [2.75, 3.05) is 19.7 Å². The Balaban J connectivity index is 1.31. The first-order chi connectivity index (χ1) is 13.2. The van der Waals surface area contributed by atoms with Gasteiger partial charge >= 0.3 is 0 Å². The lowest BCUT2D eigenvalue weighted by molar-refractivity contribution is 0.0697. The third-order valence-corrected chi connectivity index (χ3v) is 5.19. The number of amides is 2. The molecule has 0 bridgehead atoms. The highest BCUT2D eigenvalue weighted by Crippen LogP contribution is 2.30. The maximum absolute atomic E-state index is 12.7. The summed E-state index contributed by atoms with van der Waals surface area (Å²) < 4.78 is 10.8. The Kier molecular flexibility index (Phi) is 5.14. The van der Waals surface area contributed by atoms with E-state index in [4.69, 9.17) is 9.15 Å². The van der Waals surface area contributed by atoms with Crippen molar-refractivity contribution in [1.82, 2.24) is 10.2 Å². The molecule has 6 nitrogen and oxygen atoms in total. The average molecular weight is 368 g/mol. The van der Waals surface area contributed by atoms with E-state index in [0.29, 0.717) is 42.5 Å². The molecule has 1 aromatic carbocycles. The first-order valence-corrected chi connectivity index (χ1v) is 9.55. The molecule has 0 spiro atoms. The fourth-order valence-electron chi connectivity index (χ4n) is 3.33. The summed E-state index contributed by atoms with van der Waals surface area (Å²) in [6.45, 7) is 1.92. The molecule has 0 atom stereocenters. The van der Waals surface area contributed by atoms with Gasteiger partial charge in [-0.05, 0) is 49.8 Å². The van der Waals surface area contributed by atoms with E-state index < -0.39 is 0 Å². The Morgan fingerprint density at radius 3 is 2.59 bits per heavy atom. The van der Waals surface area contributed by atoms with Crippen molar-refractivity contribution in [2.24, 2.45) is 5.92 Å². The lowest BCUT2D eigenvalue weighted by Crippen LogP contribution is -2.46. The molecule has 27 heavy (non-hydrogen) atoms. The molecule has 2 fully saturated rings. The third-order valence-electron chi connectivity index (χ3n) is 5.19. The number of hydrogen-bond donors (Lipinski definition) is 1. The highest BCUT2D eigenvalue weighted by Gasteiger charge is 2.26. The fourth-order valence-corrected chi connectivity index (χ4v) is 3.33. The molecule has 0 unspecified atom stereocenters. The summed E-state index contributed by atoms with van der Waals surface area (Å²) in [5.41, 5.74) is 1.15. The van der Waals surface area contributed by atoms with E-state index in [-0.39, 0.29) is 17.9 Å². The number of nitrogens with zero attached hydrogens (tertiary/aromatic N) is 1. The van der Waals surface area contributed by atoms with Crippen molar-refractivity contribution >= 4 is 11.8 Å². The molecule has 2 heterocycles. The highest BCUT2D eigenvalue weighted by molar-refractivity contribution is 5.97. The third kappa shape index (κ3) is 4.32. The van der Waals surface area contributed by atoms with E-state index in [2.05, 4.69) is 5.32 Å². The predicted molar refractivity (Wildman–Crippen MR) is 99.8 cm³/mol. The molecule has 2 aliphatic rings. The summed E-state index contributed by atoms with van der Waals surface area (Å²) in [5.74, 6) is 1.15. The zero-order valence-electron chi connectivity index (χ0n) is 15.2. The first-order valence-electron chi connectivity index (χ1n) is 9.55. The van der Waals surface area contributed by atoms with Crippen molar-refractivity contribution < 1.29 is 18.7 Å². The van der Waals surface area contributed by atoms with Crippen LogP contribution in [0.3, 0.4) is 0 Å². The molecule has 1 aliphatic heterocycles. The maximum atomic E-state index is 12.7. The maximum Gasteiger partial charge on any atom is 0.257 e. The minimum atomic E-state index is -0.110. The fraction of sp³-hybridized carbons (Fsp3) is 0.429. The van der Waals surface area contributed by atoms with Crippen molar-refractivity contribution in [3.05, 3.63) is 54.0 Å². The molecular weight excluding hydrogens is 344 g/mol. The number of furan rings is 1. The zero-order valence-corrected chi connectivity index (χ0v) is 15.2. The van der Waals surface area contributed by atoms with Crippen molar-refractivity contribution in [2.45, 2.75) is 31.7 Å². The van der Waals surface area contributed by atoms with Gasteiger partial charge in [0.1, 0.15) is 12.0 Å². The Morgan fingerprint density at radius 1 is 1.11 bits per heavy atom. The molecule has 0 radical (unpaired) electrons. The minimum absolute atomic E-state index is 0.0210. The predicted octanol–water partition coefficient (Wildman–Crippen LogP) is 3.10. The first kappa shape index (κ1) is 17.6. The number of benzene rings is 1. The van der Waals surface area contributed by atoms with Crippen LogP contribution < -0.4 is 10.1 Å². The molecule has 6 heteroatoms. The summed E-state index contributed by atoms with van der Waals surface area (Å²) in [6, 6.07) is 9.12. The Bertz CT molecular complexity index is 790. The van der Waals surface area contributed by atoms with Crippen LogP contribution in [0.15, 0.2) is 47.3 Å². The molecule has 1 saturated carbocycles. The van der Waals surface area contributed by atoms with Crippen molar-refractivity contribution in [1.29, 1.82) is 0 Å². The van der Waals surface area contributed by atoms with Gasteiger partial charge in [-0.3, -0.25) is 9.59 Å². The number of carbonyl (C=O) groups excluding carboxylic acids is 2. The lowest BCUT2D eigenvalue weighted by atomic mass is 10.0. The second kappa shape index (κ2) is 7.86. The number of ether oxygens (including phenoxy) is 1. The standard InChI is InChI=1S/C21H24N2O4/c24-20(18-3-1-2-4-19(18)27-13-15-5-6-15)22-17-7-10-23(11-8-17)21(25)16-9-12-26-14-16/h1-4,9,12,14-15,17H,5-8,10-11,13H2,(H,22,24). The van der Waals surface area contributed by atoms with E-state index in [1.54, 1.807) is 17.0 Å². The molecule has 2 amide bonds. The van der Waals surface area contributed by atoms with Crippen LogP contribution in [-0.2, 0) is 0 Å². The van der Waals surface area contributed by atoms with Crippen LogP contribution in [-0.4, -0.2) is 42.5 Å². The Labute approximate surface area is 158 Å². The van der Waals surface area contributed by atoms with Crippen LogP contribution in [0.25, 0.3) is 0 Å². The molecule has 2 aromatic rings. The van der Waals surface area contributed by atoms with E-state index in [0.717, 1.165) is 12.8 Å². The van der Waals surface area contributed by atoms with Crippen LogP contribution in [0.4, 0.5) is 0 Å². The number of hydrogen-bond acceptors (Lipinski definition) is 4. The number of likely N-dealkylation sites (tertiary alicyclic amines) is 1. The van der Waals surface area contributed by atoms with Crippen LogP contribution in [0.2, 0.25) is 0 Å². The van der Waals surface area contributed by atoms with Crippen LogP contribution >= 0.6 is 0 Å². The minimum Gasteiger partial charge on any atom is -0.492 e. The zero-order chi connectivity index (χ0) is 18.6. The van der Waals surface area contributed by atoms with Gasteiger partial charge in [0.2, 0.25) is 0 Å². The van der Waals surface area contributed by atoms with Gasteiger partial charge in [0.25, 0.3) is 11.8 Å². The van der Waals surface area contributed by atoms with Gasteiger partial charge in [0, 0.05) is 19.1 Å². The largest absolute Gasteiger partial charge is 0.492 e. The summed E-state index contributed by atoms with van der Waals surface area (Å²) in [6.07, 6.45) is 6.87. The summed E-state index contributed by atoms with van der Waals surface area (Å²) in [7, 11) is 0. The monoisotopic (exact) mass is 368 g/mol. The number of piperidine rings is 1. The Hall–Kier alpha value is -2.76. The summed E-state index contributed by atoms with van der Waals surface area (Å²) in [5, 5.41) is 3.10. The van der Waals surface area contributed by atoms with E-state index in [1.165, 1.54) is 25.4 Å². The normalized spacial score (nSPS) is 17.6. The molecule has 4 rings (SSSR count). The smallest absolute Gasteiger partial charge is 0.257 e. The topological polar surface area (TPSA) is 71.8 Å². The van der Waals surface area contributed by atoms with Gasteiger partial charge in [0.05, 0.1) is 24.0 Å². The van der Waals surface area contributed by atoms with Gasteiger partial charge in [-0.1, -0.05) is 12.1 Å². The van der Waals surface area contributed by atoms with E-state index >= 15 is 0 Å². The Morgan fingerprint density at radius 2 is 1.89 bits per heavy atom. The number of rotatable bonds is 6. The van der Waals surface area contributed by atoms with Crippen molar-refractivity contribution in [3.63, 3.8) is 0 Å². The summed E-state index contributed by atoms with van der Waals surface area (Å²) in [4.78, 5) is 26.9. The van der Waals surface area contributed by atoms with E-state index in [9.17, 15) is 9.59 Å². The average Bonchev–Trinajstić information content (AvgIpc) is 3.37. The second-order valence-corrected chi connectivity index (χ2v) is 7.30. The quantitative estimate of drug-likeness (QED) is 0.850. The molecular formula is C21H24N2O4. The number of carbonyl (C=O) groups is 2. The molecule has 1 aromatic heterocycles. The molecule has 1 aliphatic carbocycles. The molecule has 142 valence electrons. The highest BCUT2D eigenvalue weighted by atomic mass is 16.5. The van der Waals surface area contributed by atoms with Gasteiger partial charge in [0.15, 0.2) is 0 Å². The van der Waals surface area contributed by atoms with Gasteiger partial charge < -0.3 is 19.4 Å². The number of para-hydroxylation sites is 1. The van der Waals surface area contributed by atoms with Gasteiger partial charge in [-0.25, -0.2) is 0 Å². The van der Waals surface area contributed by atoms with Gasteiger partial charge in [-0.15, -0.1) is 0 Å². The van der Waals surface area contributed by atoms with Crippen LogP contribution in [0, 0.1) is 5.92 Å².